The first kappa shape index (κ1) is 45.6. The van der Waals surface area contributed by atoms with Crippen molar-refractivity contribution < 1.29 is 15.0 Å². The average molecular weight is 660 g/mol. The Morgan fingerprint density at radius 3 is 1.30 bits per heavy atom. The standard InChI is InChI=1S/C43H81NO3/c1-3-5-7-9-11-12-13-14-15-16-17-18-19-20-21-22-23-24-25-26-27-28-29-30-31-32-33-35-37-39-43(47)44-41(40-45)42(46)38-36-34-10-8-6-4-2/h13-14,16-17,36,38,41-42,45-46H,3-12,15,18-35,37,39-40H2,1-2H3,(H,44,47)/b14-13-,17-16-,38-36+. The van der Waals surface area contributed by atoms with Gasteiger partial charge in [-0.2, -0.15) is 0 Å². The van der Waals surface area contributed by atoms with Crippen LogP contribution in [0.4, 0.5) is 0 Å². The molecule has 2 atom stereocenters. The Hall–Kier alpha value is -1.39. The molecule has 47 heavy (non-hydrogen) atoms. The number of hydrogen-bond acceptors (Lipinski definition) is 3. The van der Waals surface area contributed by atoms with E-state index in [2.05, 4.69) is 43.5 Å². The fourth-order valence-electron chi connectivity index (χ4n) is 6.15. The molecule has 0 spiro atoms. The molecule has 0 aliphatic heterocycles. The second kappa shape index (κ2) is 39.1. The summed E-state index contributed by atoms with van der Waals surface area (Å²) in [6, 6.07) is -0.616. The molecule has 0 aromatic carbocycles. The third-order valence-corrected chi connectivity index (χ3v) is 9.37. The fraction of sp³-hybridized carbons (Fsp3) is 0.837. The number of nitrogens with one attached hydrogen (secondary N) is 1. The van der Waals surface area contributed by atoms with E-state index >= 15 is 0 Å². The van der Waals surface area contributed by atoms with Gasteiger partial charge in [-0.1, -0.05) is 192 Å². The Balaban J connectivity index is 3.40. The topological polar surface area (TPSA) is 69.6 Å². The summed E-state index contributed by atoms with van der Waals surface area (Å²) in [6.45, 7) is 4.22. The van der Waals surface area contributed by atoms with Gasteiger partial charge in [0, 0.05) is 6.42 Å². The minimum absolute atomic E-state index is 0.0691. The zero-order chi connectivity index (χ0) is 34.3. The van der Waals surface area contributed by atoms with E-state index in [4.69, 9.17) is 0 Å². The quantitative estimate of drug-likeness (QED) is 0.0459. The molecule has 4 heteroatoms. The monoisotopic (exact) mass is 660 g/mol. The highest BCUT2D eigenvalue weighted by Crippen LogP contribution is 2.15. The summed E-state index contributed by atoms with van der Waals surface area (Å²) in [7, 11) is 0. The van der Waals surface area contributed by atoms with Crippen molar-refractivity contribution in [1.82, 2.24) is 5.32 Å². The smallest absolute Gasteiger partial charge is 0.220 e. The van der Waals surface area contributed by atoms with Gasteiger partial charge in [0.2, 0.25) is 5.91 Å². The summed E-state index contributed by atoms with van der Waals surface area (Å²) >= 11 is 0. The molecule has 2 unspecified atom stereocenters. The van der Waals surface area contributed by atoms with Gasteiger partial charge in [0.15, 0.2) is 0 Å². The summed E-state index contributed by atoms with van der Waals surface area (Å²) in [5.41, 5.74) is 0. The minimum atomic E-state index is -0.833. The number of amides is 1. The Morgan fingerprint density at radius 2 is 0.872 bits per heavy atom. The molecule has 0 saturated carbocycles. The lowest BCUT2D eigenvalue weighted by Gasteiger charge is -2.20. The number of allylic oxidation sites excluding steroid dienone is 5. The van der Waals surface area contributed by atoms with Gasteiger partial charge >= 0.3 is 0 Å². The van der Waals surface area contributed by atoms with E-state index in [9.17, 15) is 15.0 Å². The number of rotatable bonds is 37. The van der Waals surface area contributed by atoms with Crippen molar-refractivity contribution in [2.24, 2.45) is 0 Å². The molecule has 0 aromatic rings. The molecule has 0 aliphatic carbocycles. The second-order valence-corrected chi connectivity index (χ2v) is 14.1. The zero-order valence-electron chi connectivity index (χ0n) is 31.5. The largest absolute Gasteiger partial charge is 0.394 e. The molecular weight excluding hydrogens is 578 g/mol. The van der Waals surface area contributed by atoms with Gasteiger partial charge in [-0.25, -0.2) is 0 Å². The zero-order valence-corrected chi connectivity index (χ0v) is 31.5. The predicted molar refractivity (Wildman–Crippen MR) is 207 cm³/mol. The lowest BCUT2D eigenvalue weighted by molar-refractivity contribution is -0.123. The summed E-state index contributed by atoms with van der Waals surface area (Å²) in [5, 5.41) is 22.7. The Kier molecular flexibility index (Phi) is 37.9. The first-order valence-corrected chi connectivity index (χ1v) is 20.7. The molecule has 0 fully saturated rings. The SMILES string of the molecule is CCCCCC/C=C/C(O)C(CO)NC(=O)CCCCCCCCCCCCCCCCCCC/C=C\C/C=C\CCCCCCC. The van der Waals surface area contributed by atoms with Crippen molar-refractivity contribution in [2.45, 2.75) is 225 Å². The number of aliphatic hydroxyl groups excluding tert-OH is 2. The molecular formula is C43H81NO3. The molecule has 0 aliphatic rings. The maximum absolute atomic E-state index is 12.3. The van der Waals surface area contributed by atoms with Crippen molar-refractivity contribution in [3.63, 3.8) is 0 Å². The van der Waals surface area contributed by atoms with E-state index in [-0.39, 0.29) is 12.5 Å². The average Bonchev–Trinajstić information content (AvgIpc) is 3.07. The van der Waals surface area contributed by atoms with E-state index in [1.54, 1.807) is 6.08 Å². The normalized spacial score (nSPS) is 13.4. The number of aliphatic hydroxyl groups is 2. The van der Waals surface area contributed by atoms with Gasteiger partial charge in [0.25, 0.3) is 0 Å². The van der Waals surface area contributed by atoms with Crippen LogP contribution in [0.25, 0.3) is 0 Å². The van der Waals surface area contributed by atoms with Crippen LogP contribution in [0.1, 0.15) is 213 Å². The lowest BCUT2D eigenvalue weighted by atomic mass is 10.0. The highest BCUT2D eigenvalue weighted by molar-refractivity contribution is 5.76. The van der Waals surface area contributed by atoms with Gasteiger partial charge in [0.05, 0.1) is 18.8 Å². The first-order chi connectivity index (χ1) is 23.2. The van der Waals surface area contributed by atoms with Crippen molar-refractivity contribution in [3.05, 3.63) is 36.5 Å². The van der Waals surface area contributed by atoms with Crippen LogP contribution >= 0.6 is 0 Å². The molecule has 0 radical (unpaired) electrons. The van der Waals surface area contributed by atoms with E-state index in [0.717, 1.165) is 32.1 Å². The van der Waals surface area contributed by atoms with Crippen molar-refractivity contribution in [3.8, 4) is 0 Å². The van der Waals surface area contributed by atoms with Crippen LogP contribution in [0.5, 0.6) is 0 Å². The first-order valence-electron chi connectivity index (χ1n) is 20.7. The molecule has 0 bridgehead atoms. The predicted octanol–water partition coefficient (Wildman–Crippen LogP) is 12.6. The number of carbonyl (C=O) groups is 1. The molecule has 1 amide bonds. The summed E-state index contributed by atoms with van der Waals surface area (Å²) in [5.74, 6) is -0.0691. The lowest BCUT2D eigenvalue weighted by Crippen LogP contribution is -2.45. The van der Waals surface area contributed by atoms with Gasteiger partial charge in [-0.3, -0.25) is 4.79 Å². The van der Waals surface area contributed by atoms with Gasteiger partial charge in [-0.05, 0) is 51.4 Å². The molecule has 0 aromatic heterocycles. The Morgan fingerprint density at radius 1 is 0.511 bits per heavy atom. The third kappa shape index (κ3) is 35.7. The van der Waals surface area contributed by atoms with Gasteiger partial charge in [-0.15, -0.1) is 0 Å². The molecule has 0 saturated heterocycles. The third-order valence-electron chi connectivity index (χ3n) is 9.37. The van der Waals surface area contributed by atoms with Gasteiger partial charge in [0.1, 0.15) is 0 Å². The van der Waals surface area contributed by atoms with Crippen molar-refractivity contribution in [1.29, 1.82) is 0 Å². The summed E-state index contributed by atoms with van der Waals surface area (Å²) < 4.78 is 0. The van der Waals surface area contributed by atoms with E-state index in [1.165, 1.54) is 161 Å². The van der Waals surface area contributed by atoms with Crippen LogP contribution in [0.3, 0.4) is 0 Å². The second-order valence-electron chi connectivity index (χ2n) is 14.1. The molecule has 0 heterocycles. The van der Waals surface area contributed by atoms with Crippen LogP contribution in [0.15, 0.2) is 36.5 Å². The van der Waals surface area contributed by atoms with Crippen LogP contribution in [0, 0.1) is 0 Å². The maximum Gasteiger partial charge on any atom is 0.220 e. The van der Waals surface area contributed by atoms with E-state index in [1.807, 2.05) is 6.08 Å². The van der Waals surface area contributed by atoms with Crippen molar-refractivity contribution in [2.75, 3.05) is 6.61 Å². The molecule has 276 valence electrons. The fourth-order valence-corrected chi connectivity index (χ4v) is 6.15. The summed E-state index contributed by atoms with van der Waals surface area (Å²) in [6.07, 6.45) is 51.4. The van der Waals surface area contributed by atoms with E-state index in [0.29, 0.717) is 6.42 Å². The maximum atomic E-state index is 12.3. The van der Waals surface area contributed by atoms with Crippen LogP contribution in [-0.2, 0) is 4.79 Å². The van der Waals surface area contributed by atoms with Crippen LogP contribution in [-0.4, -0.2) is 34.9 Å². The highest BCUT2D eigenvalue weighted by atomic mass is 16.3. The van der Waals surface area contributed by atoms with Gasteiger partial charge < -0.3 is 15.5 Å². The Bertz CT molecular complexity index is 716. The molecule has 4 nitrogen and oxygen atoms in total. The Labute approximate surface area is 293 Å². The highest BCUT2D eigenvalue weighted by Gasteiger charge is 2.17. The molecule has 3 N–H and O–H groups in total. The number of hydrogen-bond donors (Lipinski definition) is 3. The van der Waals surface area contributed by atoms with E-state index < -0.39 is 12.1 Å². The number of carbonyl (C=O) groups excluding carboxylic acids is 1. The number of unbranched alkanes of at least 4 members (excludes halogenated alkanes) is 26. The minimum Gasteiger partial charge on any atom is -0.394 e. The van der Waals surface area contributed by atoms with Crippen molar-refractivity contribution >= 4 is 5.91 Å². The molecule has 0 rings (SSSR count). The summed E-state index contributed by atoms with van der Waals surface area (Å²) in [4.78, 5) is 12.3. The van der Waals surface area contributed by atoms with Crippen LogP contribution in [0.2, 0.25) is 0 Å². The van der Waals surface area contributed by atoms with Crippen LogP contribution < -0.4 is 5.32 Å².